The van der Waals surface area contributed by atoms with Crippen LogP contribution in [0.25, 0.3) is 0 Å². The Morgan fingerprint density at radius 2 is 2.05 bits per heavy atom. The number of nitrogens with two attached hydrogens (primary N) is 1. The Bertz CT molecular complexity index is 477. The molecule has 0 bridgehead atoms. The molecule has 4 heteroatoms. The third-order valence-electron chi connectivity index (χ3n) is 4.49. The second-order valence-electron chi connectivity index (χ2n) is 5.85. The Morgan fingerprint density at radius 1 is 1.30 bits per heavy atom. The Balaban J connectivity index is 1.37. The van der Waals surface area contributed by atoms with Gasteiger partial charge in [0, 0.05) is 17.7 Å². The van der Waals surface area contributed by atoms with Crippen LogP contribution in [0.3, 0.4) is 0 Å². The van der Waals surface area contributed by atoms with Crippen molar-refractivity contribution >= 4 is 11.6 Å². The minimum Gasteiger partial charge on any atom is -0.492 e. The van der Waals surface area contributed by atoms with Crippen LogP contribution in [0.1, 0.15) is 25.7 Å². The van der Waals surface area contributed by atoms with Gasteiger partial charge in [0.1, 0.15) is 12.4 Å². The molecule has 3 N–H and O–H groups in total. The molecule has 2 unspecified atom stereocenters. The Morgan fingerprint density at radius 3 is 2.75 bits per heavy atom. The van der Waals surface area contributed by atoms with Crippen LogP contribution in [0.2, 0.25) is 0 Å². The molecule has 1 aromatic carbocycles. The highest BCUT2D eigenvalue weighted by Gasteiger charge is 2.54. The fraction of sp³-hybridized carbons (Fsp3) is 0.562. The lowest BCUT2D eigenvalue weighted by Crippen LogP contribution is -2.30. The maximum absolute atomic E-state index is 12.1. The number of nitrogens with one attached hydrogen (secondary N) is 1. The SMILES string of the molecule is Nc1cccc(OCCNC(=O)C2C3CCCCC32)c1. The van der Waals surface area contributed by atoms with E-state index in [1.807, 2.05) is 18.2 Å². The lowest BCUT2D eigenvalue weighted by molar-refractivity contribution is -0.123. The van der Waals surface area contributed by atoms with Crippen LogP contribution in [0.5, 0.6) is 5.75 Å². The maximum atomic E-state index is 12.1. The number of fused-ring (bicyclic) bond motifs is 1. The van der Waals surface area contributed by atoms with Gasteiger partial charge >= 0.3 is 0 Å². The van der Waals surface area contributed by atoms with Gasteiger partial charge in [0.05, 0.1) is 6.54 Å². The van der Waals surface area contributed by atoms with Gasteiger partial charge < -0.3 is 15.8 Å². The number of hydrogen-bond acceptors (Lipinski definition) is 3. The van der Waals surface area contributed by atoms with Gasteiger partial charge in [-0.1, -0.05) is 18.9 Å². The number of benzene rings is 1. The molecule has 2 atom stereocenters. The van der Waals surface area contributed by atoms with Gasteiger partial charge in [0.2, 0.25) is 5.91 Å². The van der Waals surface area contributed by atoms with E-state index in [0.29, 0.717) is 30.7 Å². The highest BCUT2D eigenvalue weighted by Crippen LogP contribution is 2.55. The predicted octanol–water partition coefficient (Wildman–Crippen LogP) is 2.20. The van der Waals surface area contributed by atoms with Crippen molar-refractivity contribution in [1.82, 2.24) is 5.32 Å². The first kappa shape index (κ1) is 13.3. The van der Waals surface area contributed by atoms with Crippen molar-refractivity contribution in [2.24, 2.45) is 17.8 Å². The Labute approximate surface area is 119 Å². The van der Waals surface area contributed by atoms with Crippen molar-refractivity contribution in [3.05, 3.63) is 24.3 Å². The third-order valence-corrected chi connectivity index (χ3v) is 4.49. The molecule has 0 aromatic heterocycles. The fourth-order valence-electron chi connectivity index (χ4n) is 3.45. The van der Waals surface area contributed by atoms with Crippen molar-refractivity contribution < 1.29 is 9.53 Å². The minimum atomic E-state index is 0.220. The summed E-state index contributed by atoms with van der Waals surface area (Å²) in [4.78, 5) is 12.1. The smallest absolute Gasteiger partial charge is 0.223 e. The van der Waals surface area contributed by atoms with Crippen molar-refractivity contribution in [3.8, 4) is 5.75 Å². The van der Waals surface area contributed by atoms with Crippen molar-refractivity contribution in [2.45, 2.75) is 25.7 Å². The van der Waals surface area contributed by atoms with Crippen LogP contribution in [0.15, 0.2) is 24.3 Å². The van der Waals surface area contributed by atoms with Gasteiger partial charge in [0.15, 0.2) is 0 Å². The molecule has 2 aliphatic rings. The zero-order valence-corrected chi connectivity index (χ0v) is 11.7. The van der Waals surface area contributed by atoms with Gasteiger partial charge in [-0.15, -0.1) is 0 Å². The summed E-state index contributed by atoms with van der Waals surface area (Å²) in [7, 11) is 0. The van der Waals surface area contributed by atoms with E-state index >= 15 is 0 Å². The van der Waals surface area contributed by atoms with Crippen LogP contribution >= 0.6 is 0 Å². The van der Waals surface area contributed by atoms with E-state index in [4.69, 9.17) is 10.5 Å². The molecular formula is C16H22N2O2. The first-order valence-electron chi connectivity index (χ1n) is 7.52. The zero-order chi connectivity index (χ0) is 13.9. The fourth-order valence-corrected chi connectivity index (χ4v) is 3.45. The second-order valence-corrected chi connectivity index (χ2v) is 5.85. The van der Waals surface area contributed by atoms with Crippen LogP contribution in [0.4, 0.5) is 5.69 Å². The topological polar surface area (TPSA) is 64.3 Å². The summed E-state index contributed by atoms with van der Waals surface area (Å²) in [6.07, 6.45) is 5.07. The number of carbonyl (C=O) groups excluding carboxylic acids is 1. The number of hydrogen-bond donors (Lipinski definition) is 2. The van der Waals surface area contributed by atoms with E-state index in [1.54, 1.807) is 6.07 Å². The lowest BCUT2D eigenvalue weighted by atomic mass is 10.0. The molecule has 20 heavy (non-hydrogen) atoms. The molecule has 108 valence electrons. The molecule has 2 fully saturated rings. The standard InChI is InChI=1S/C16H22N2O2/c17-11-4-3-5-12(10-11)20-9-8-18-16(19)15-13-6-1-2-7-14(13)15/h3-5,10,13-15H,1-2,6-9,17H2,(H,18,19). The van der Waals surface area contributed by atoms with Crippen molar-refractivity contribution in [3.63, 3.8) is 0 Å². The molecule has 0 aliphatic heterocycles. The predicted molar refractivity (Wildman–Crippen MR) is 78.3 cm³/mol. The molecule has 0 heterocycles. The minimum absolute atomic E-state index is 0.220. The summed E-state index contributed by atoms with van der Waals surface area (Å²) in [6, 6.07) is 7.34. The van der Waals surface area contributed by atoms with E-state index < -0.39 is 0 Å². The van der Waals surface area contributed by atoms with Crippen LogP contribution in [-0.4, -0.2) is 19.1 Å². The molecule has 0 spiro atoms. The van der Waals surface area contributed by atoms with E-state index in [1.165, 1.54) is 25.7 Å². The monoisotopic (exact) mass is 274 g/mol. The molecule has 0 radical (unpaired) electrons. The zero-order valence-electron chi connectivity index (χ0n) is 11.7. The molecule has 1 amide bonds. The number of ether oxygens (including phenoxy) is 1. The van der Waals surface area contributed by atoms with Crippen molar-refractivity contribution in [1.29, 1.82) is 0 Å². The van der Waals surface area contributed by atoms with Gasteiger partial charge in [-0.25, -0.2) is 0 Å². The number of amides is 1. The highest BCUT2D eigenvalue weighted by atomic mass is 16.5. The van der Waals surface area contributed by atoms with Gasteiger partial charge in [0.25, 0.3) is 0 Å². The summed E-state index contributed by atoms with van der Waals surface area (Å²) in [6.45, 7) is 1.04. The average molecular weight is 274 g/mol. The highest BCUT2D eigenvalue weighted by molar-refractivity contribution is 5.82. The molecule has 2 aliphatic carbocycles. The van der Waals surface area contributed by atoms with Gasteiger partial charge in [-0.2, -0.15) is 0 Å². The second kappa shape index (κ2) is 5.73. The van der Waals surface area contributed by atoms with E-state index in [9.17, 15) is 4.79 Å². The van der Waals surface area contributed by atoms with Crippen molar-refractivity contribution in [2.75, 3.05) is 18.9 Å². The van der Waals surface area contributed by atoms with Crippen LogP contribution in [0, 0.1) is 17.8 Å². The molecule has 4 nitrogen and oxygen atoms in total. The summed E-state index contributed by atoms with van der Waals surface area (Å²) in [5.41, 5.74) is 6.36. The summed E-state index contributed by atoms with van der Waals surface area (Å²) in [5, 5.41) is 2.99. The summed E-state index contributed by atoms with van der Waals surface area (Å²) >= 11 is 0. The molecule has 2 saturated carbocycles. The van der Waals surface area contributed by atoms with Crippen LogP contribution in [-0.2, 0) is 4.79 Å². The molecule has 3 rings (SSSR count). The first-order valence-corrected chi connectivity index (χ1v) is 7.52. The molecular weight excluding hydrogens is 252 g/mol. The summed E-state index contributed by atoms with van der Waals surface area (Å²) < 4.78 is 5.56. The Hall–Kier alpha value is -1.71. The maximum Gasteiger partial charge on any atom is 0.223 e. The summed E-state index contributed by atoms with van der Waals surface area (Å²) in [5.74, 6) is 2.58. The largest absolute Gasteiger partial charge is 0.492 e. The average Bonchev–Trinajstić information content (AvgIpc) is 3.18. The number of carbonyl (C=O) groups is 1. The lowest BCUT2D eigenvalue weighted by Gasteiger charge is -2.08. The molecule has 1 aromatic rings. The van der Waals surface area contributed by atoms with Gasteiger partial charge in [-0.05, 0) is 36.8 Å². The molecule has 0 saturated heterocycles. The number of anilines is 1. The first-order chi connectivity index (χ1) is 9.75. The quantitative estimate of drug-likeness (QED) is 0.639. The third kappa shape index (κ3) is 2.89. The van der Waals surface area contributed by atoms with E-state index in [2.05, 4.69) is 5.32 Å². The van der Waals surface area contributed by atoms with Gasteiger partial charge in [-0.3, -0.25) is 4.79 Å². The van der Waals surface area contributed by atoms with E-state index in [-0.39, 0.29) is 11.8 Å². The number of rotatable bonds is 5. The Kier molecular flexibility index (Phi) is 3.81. The number of nitrogen functional groups attached to an aromatic ring is 1. The normalized spacial score (nSPS) is 27.5. The van der Waals surface area contributed by atoms with Crippen LogP contribution < -0.4 is 15.8 Å². The van der Waals surface area contributed by atoms with E-state index in [0.717, 1.165) is 5.75 Å².